The van der Waals surface area contributed by atoms with Gasteiger partial charge >= 0.3 is 5.97 Å². The number of nitrogens with zero attached hydrogens (tertiary/aromatic N) is 2. The first-order valence-corrected chi connectivity index (χ1v) is 10.4. The number of likely N-dealkylation sites (tertiary alicyclic amines) is 1. The fourth-order valence-corrected chi connectivity index (χ4v) is 5.38. The van der Waals surface area contributed by atoms with Crippen molar-refractivity contribution >= 4 is 11.8 Å². The summed E-state index contributed by atoms with van der Waals surface area (Å²) in [5, 5.41) is 11.7. The molecule has 0 bridgehead atoms. The topological polar surface area (TPSA) is 70.1 Å². The third-order valence-corrected chi connectivity index (χ3v) is 6.98. The van der Waals surface area contributed by atoms with Crippen molar-refractivity contribution in [2.75, 3.05) is 7.05 Å². The summed E-state index contributed by atoms with van der Waals surface area (Å²) < 4.78 is 5.69. The Hall–Kier alpha value is -0.980. The minimum absolute atomic E-state index is 0.0163. The highest BCUT2D eigenvalue weighted by Gasteiger charge is 2.47. The molecule has 0 aromatic rings. The highest BCUT2D eigenvalue weighted by molar-refractivity contribution is 5.97. The van der Waals surface area contributed by atoms with Crippen molar-refractivity contribution in [3.05, 3.63) is 0 Å². The summed E-state index contributed by atoms with van der Waals surface area (Å²) in [7, 11) is 2.10. The number of hydroxylamine groups is 2. The third kappa shape index (κ3) is 4.77. The number of Topliss-reactive ketones (excluding diaryl/α,β-unsaturated/α-hetero) is 1. The number of piperidine rings is 2. The second kappa shape index (κ2) is 7.37. The maximum atomic E-state index is 12.9. The summed E-state index contributed by atoms with van der Waals surface area (Å²) in [6.07, 6.45) is 2.13. The van der Waals surface area contributed by atoms with Gasteiger partial charge in [-0.3, -0.25) is 14.5 Å². The number of esters is 1. The molecule has 6 nitrogen and oxygen atoms in total. The van der Waals surface area contributed by atoms with Gasteiger partial charge in [-0.05, 0) is 75.3 Å². The van der Waals surface area contributed by atoms with Crippen molar-refractivity contribution in [1.82, 2.24) is 9.96 Å². The highest BCUT2D eigenvalue weighted by atomic mass is 16.5. The normalized spacial score (nSPS) is 28.1. The molecule has 2 heterocycles. The highest BCUT2D eigenvalue weighted by Crippen LogP contribution is 2.41. The van der Waals surface area contributed by atoms with Crippen LogP contribution in [0.2, 0.25) is 0 Å². The second-order valence-corrected chi connectivity index (χ2v) is 11.4. The molecule has 2 fully saturated rings. The molecule has 0 aromatic carbocycles. The van der Waals surface area contributed by atoms with Gasteiger partial charge in [-0.1, -0.05) is 0 Å². The molecule has 2 rings (SSSR count). The number of carbonyl (C=O) groups excluding carboxylic acids is 2. The number of ketones is 1. The van der Waals surface area contributed by atoms with E-state index in [-0.39, 0.29) is 35.3 Å². The molecule has 0 amide bonds. The molecule has 0 spiro atoms. The average molecular weight is 397 g/mol. The van der Waals surface area contributed by atoms with Crippen LogP contribution in [0.3, 0.4) is 0 Å². The van der Waals surface area contributed by atoms with Crippen LogP contribution in [-0.2, 0) is 14.3 Å². The molecular weight excluding hydrogens is 356 g/mol. The predicted molar refractivity (Wildman–Crippen MR) is 109 cm³/mol. The zero-order chi connectivity index (χ0) is 21.7. The van der Waals surface area contributed by atoms with Gasteiger partial charge in [0.15, 0.2) is 0 Å². The lowest BCUT2D eigenvalue weighted by Crippen LogP contribution is -2.60. The van der Waals surface area contributed by atoms with Crippen LogP contribution in [0.4, 0.5) is 0 Å². The average Bonchev–Trinajstić information content (AvgIpc) is 2.48. The Balaban J connectivity index is 1.99. The first-order chi connectivity index (χ1) is 12.5. The SMILES string of the molecule is CN1C(C)(C)CC(C(=O)CC(=O)OC2CC(C)(C)N(O)C(C)(C)C2)CC1(C)C. The molecule has 0 aromatic heterocycles. The monoisotopic (exact) mass is 396 g/mol. The Morgan fingerprint density at radius 1 is 0.857 bits per heavy atom. The van der Waals surface area contributed by atoms with Crippen molar-refractivity contribution < 1.29 is 19.5 Å². The van der Waals surface area contributed by atoms with Gasteiger partial charge < -0.3 is 9.94 Å². The van der Waals surface area contributed by atoms with E-state index in [1.807, 2.05) is 27.7 Å². The molecule has 6 heteroatoms. The minimum atomic E-state index is -0.487. The lowest BCUT2D eigenvalue weighted by Gasteiger charge is -2.53. The summed E-state index contributed by atoms with van der Waals surface area (Å²) in [4.78, 5) is 27.7. The molecular formula is C22H40N2O4. The van der Waals surface area contributed by atoms with Crippen LogP contribution in [0.1, 0.15) is 87.5 Å². The van der Waals surface area contributed by atoms with E-state index in [9.17, 15) is 14.8 Å². The van der Waals surface area contributed by atoms with Crippen LogP contribution in [0.15, 0.2) is 0 Å². The van der Waals surface area contributed by atoms with E-state index in [1.54, 1.807) is 0 Å². The maximum absolute atomic E-state index is 12.9. The molecule has 0 radical (unpaired) electrons. The summed E-state index contributed by atoms with van der Waals surface area (Å²) in [5.74, 6) is -0.583. The number of rotatable bonds is 4. The maximum Gasteiger partial charge on any atom is 0.313 e. The first kappa shape index (κ1) is 23.3. The largest absolute Gasteiger partial charge is 0.462 e. The third-order valence-electron chi connectivity index (χ3n) is 6.98. The molecule has 0 saturated carbocycles. The molecule has 2 aliphatic rings. The van der Waals surface area contributed by atoms with E-state index in [2.05, 4.69) is 39.6 Å². The van der Waals surface area contributed by atoms with Crippen LogP contribution >= 0.6 is 0 Å². The van der Waals surface area contributed by atoms with Gasteiger partial charge in [0.1, 0.15) is 18.3 Å². The van der Waals surface area contributed by atoms with Crippen LogP contribution in [0, 0.1) is 5.92 Å². The van der Waals surface area contributed by atoms with Crippen molar-refractivity contribution in [2.45, 2.75) is 116 Å². The predicted octanol–water partition coefficient (Wildman–Crippen LogP) is 3.80. The van der Waals surface area contributed by atoms with Crippen LogP contribution in [-0.4, -0.2) is 62.2 Å². The molecule has 28 heavy (non-hydrogen) atoms. The van der Waals surface area contributed by atoms with Gasteiger partial charge in [0.25, 0.3) is 0 Å². The molecule has 162 valence electrons. The molecule has 1 N–H and O–H groups in total. The van der Waals surface area contributed by atoms with E-state index in [4.69, 9.17) is 4.74 Å². The van der Waals surface area contributed by atoms with Crippen molar-refractivity contribution in [3.8, 4) is 0 Å². The zero-order valence-electron chi connectivity index (χ0n) is 19.3. The number of hydrogen-bond donors (Lipinski definition) is 1. The molecule has 0 atom stereocenters. The van der Waals surface area contributed by atoms with Gasteiger partial charge in [-0.25, -0.2) is 0 Å². The second-order valence-electron chi connectivity index (χ2n) is 11.4. The Kier molecular flexibility index (Phi) is 6.13. The molecule has 2 saturated heterocycles. The van der Waals surface area contributed by atoms with Gasteiger partial charge in [0.05, 0.1) is 0 Å². The van der Waals surface area contributed by atoms with E-state index >= 15 is 0 Å². The molecule has 0 unspecified atom stereocenters. The van der Waals surface area contributed by atoms with Crippen molar-refractivity contribution in [3.63, 3.8) is 0 Å². The van der Waals surface area contributed by atoms with Gasteiger partial charge in [-0.2, -0.15) is 5.06 Å². The van der Waals surface area contributed by atoms with Crippen LogP contribution in [0.5, 0.6) is 0 Å². The van der Waals surface area contributed by atoms with E-state index in [1.165, 1.54) is 5.06 Å². The quantitative estimate of drug-likeness (QED) is 0.576. The number of hydrogen-bond acceptors (Lipinski definition) is 6. The fraction of sp³-hybridized carbons (Fsp3) is 0.909. The smallest absolute Gasteiger partial charge is 0.313 e. The molecule has 2 aliphatic heterocycles. The lowest BCUT2D eigenvalue weighted by atomic mass is 9.72. The Morgan fingerprint density at radius 3 is 1.71 bits per heavy atom. The zero-order valence-corrected chi connectivity index (χ0v) is 19.3. The summed E-state index contributed by atoms with van der Waals surface area (Å²) in [6, 6.07) is 0. The van der Waals surface area contributed by atoms with Crippen molar-refractivity contribution in [1.29, 1.82) is 0 Å². The Bertz CT molecular complexity index is 588. The number of carbonyl (C=O) groups is 2. The fourth-order valence-electron chi connectivity index (χ4n) is 5.38. The number of ether oxygens (including phenoxy) is 1. The standard InChI is InChI=1S/C22H40N2O4/c1-19(2)11-15(12-20(3,4)23(19)9)17(25)10-18(26)28-16-13-21(5,6)24(27)22(7,8)14-16/h15-16,27H,10-14H2,1-9H3. The Morgan fingerprint density at radius 2 is 1.29 bits per heavy atom. The van der Waals surface area contributed by atoms with Crippen molar-refractivity contribution in [2.24, 2.45) is 5.92 Å². The van der Waals surface area contributed by atoms with Gasteiger partial charge in [-0.15, -0.1) is 0 Å². The minimum Gasteiger partial charge on any atom is -0.462 e. The van der Waals surface area contributed by atoms with E-state index < -0.39 is 17.0 Å². The van der Waals surface area contributed by atoms with E-state index in [0.29, 0.717) is 12.8 Å². The summed E-state index contributed by atoms with van der Waals surface area (Å²) >= 11 is 0. The van der Waals surface area contributed by atoms with E-state index in [0.717, 1.165) is 12.8 Å². The lowest BCUT2D eigenvalue weighted by molar-refractivity contribution is -0.259. The van der Waals surface area contributed by atoms with Gasteiger partial charge in [0.2, 0.25) is 0 Å². The molecule has 0 aliphatic carbocycles. The van der Waals surface area contributed by atoms with Crippen LogP contribution < -0.4 is 0 Å². The first-order valence-electron chi connectivity index (χ1n) is 10.4. The summed E-state index contributed by atoms with van der Waals surface area (Å²) in [5.41, 5.74) is -1.15. The Labute approximate surface area is 170 Å². The summed E-state index contributed by atoms with van der Waals surface area (Å²) in [6.45, 7) is 16.3. The van der Waals surface area contributed by atoms with Crippen LogP contribution in [0.25, 0.3) is 0 Å². The van der Waals surface area contributed by atoms with Gasteiger partial charge in [0, 0.05) is 40.9 Å².